The third-order valence-corrected chi connectivity index (χ3v) is 7.69. The molecular formula is C22H33NO4S. The van der Waals surface area contributed by atoms with Crippen LogP contribution >= 0.6 is 0 Å². The third kappa shape index (κ3) is 4.58. The lowest BCUT2D eigenvalue weighted by molar-refractivity contribution is -0.133. The number of carbonyl (C=O) groups excluding carboxylic acids is 2. The molecule has 0 aromatic carbocycles. The van der Waals surface area contributed by atoms with E-state index in [1.54, 1.807) is 4.90 Å². The second-order valence-corrected chi connectivity index (χ2v) is 11.6. The summed E-state index contributed by atoms with van der Waals surface area (Å²) < 4.78 is 22.8. The third-order valence-electron chi connectivity index (χ3n) is 6.92. The Morgan fingerprint density at radius 3 is 2.39 bits per heavy atom. The van der Waals surface area contributed by atoms with Crippen LogP contribution in [0.4, 0.5) is 0 Å². The molecule has 2 fully saturated rings. The standard InChI is InChI=1S/C22H33NO4S/c1-15-11-16(2)21(17(3)12-15)18-5-6-22(13-19(18)24)7-9-23(10-8-22)20(25)14-28(4,26)27/h11,17-18H,5-10,12-14H2,1-4H3. The van der Waals surface area contributed by atoms with E-state index in [2.05, 4.69) is 26.8 Å². The van der Waals surface area contributed by atoms with Crippen LogP contribution in [0.25, 0.3) is 0 Å². The van der Waals surface area contributed by atoms with E-state index in [0.29, 0.717) is 31.2 Å². The molecular weight excluding hydrogens is 374 g/mol. The molecule has 6 heteroatoms. The monoisotopic (exact) mass is 407 g/mol. The first-order valence-corrected chi connectivity index (χ1v) is 12.4. The number of piperidine rings is 1. The molecule has 2 atom stereocenters. The molecule has 1 saturated carbocycles. The van der Waals surface area contributed by atoms with Gasteiger partial charge in [0.15, 0.2) is 9.84 Å². The molecule has 0 aromatic rings. The van der Waals surface area contributed by atoms with E-state index in [-0.39, 0.29) is 17.2 Å². The number of likely N-dealkylation sites (tertiary alicyclic amines) is 1. The second kappa shape index (κ2) is 7.77. The van der Waals surface area contributed by atoms with E-state index < -0.39 is 15.6 Å². The molecule has 28 heavy (non-hydrogen) atoms. The highest BCUT2D eigenvalue weighted by Crippen LogP contribution is 2.48. The number of allylic oxidation sites excluding steroid dienone is 4. The smallest absolute Gasteiger partial charge is 0.237 e. The van der Waals surface area contributed by atoms with Crippen LogP contribution < -0.4 is 0 Å². The first-order chi connectivity index (χ1) is 13.0. The van der Waals surface area contributed by atoms with Gasteiger partial charge in [-0.15, -0.1) is 0 Å². The number of ketones is 1. The Bertz CT molecular complexity index is 829. The normalized spacial score (nSPS) is 28.5. The van der Waals surface area contributed by atoms with E-state index in [4.69, 9.17) is 0 Å². The molecule has 3 aliphatic rings. The van der Waals surface area contributed by atoms with Crippen LogP contribution in [0.1, 0.15) is 59.3 Å². The summed E-state index contributed by atoms with van der Waals surface area (Å²) in [5.74, 6) is 0.116. The van der Waals surface area contributed by atoms with Crippen molar-refractivity contribution in [2.75, 3.05) is 25.1 Å². The van der Waals surface area contributed by atoms with Gasteiger partial charge in [0.1, 0.15) is 11.5 Å². The Kier molecular flexibility index (Phi) is 5.91. The summed E-state index contributed by atoms with van der Waals surface area (Å²) in [7, 11) is -3.30. The van der Waals surface area contributed by atoms with Gasteiger partial charge in [-0.05, 0) is 57.3 Å². The number of sulfone groups is 1. The fourth-order valence-corrected chi connectivity index (χ4v) is 6.24. The largest absolute Gasteiger partial charge is 0.342 e. The lowest BCUT2D eigenvalue weighted by Crippen LogP contribution is -2.48. The average molecular weight is 408 g/mol. The maximum Gasteiger partial charge on any atom is 0.237 e. The van der Waals surface area contributed by atoms with Gasteiger partial charge >= 0.3 is 0 Å². The molecule has 1 aliphatic heterocycles. The van der Waals surface area contributed by atoms with E-state index in [1.165, 1.54) is 16.7 Å². The Balaban J connectivity index is 1.64. The highest BCUT2D eigenvalue weighted by molar-refractivity contribution is 7.91. The summed E-state index contributed by atoms with van der Waals surface area (Å²) in [6.07, 6.45) is 8.48. The van der Waals surface area contributed by atoms with Crippen molar-refractivity contribution in [1.29, 1.82) is 0 Å². The Labute approximate surface area is 169 Å². The van der Waals surface area contributed by atoms with Gasteiger partial charge in [-0.1, -0.05) is 29.7 Å². The van der Waals surface area contributed by atoms with E-state index in [9.17, 15) is 18.0 Å². The minimum Gasteiger partial charge on any atom is -0.342 e. The summed E-state index contributed by atoms with van der Waals surface area (Å²) in [5.41, 5.74) is 3.99. The van der Waals surface area contributed by atoms with Gasteiger partial charge in [-0.3, -0.25) is 9.59 Å². The predicted octanol–water partition coefficient (Wildman–Crippen LogP) is 3.31. The number of carbonyl (C=O) groups is 2. The lowest BCUT2D eigenvalue weighted by atomic mass is 9.62. The van der Waals surface area contributed by atoms with Crippen molar-refractivity contribution in [3.8, 4) is 0 Å². The Hall–Kier alpha value is -1.43. The Morgan fingerprint density at radius 2 is 1.86 bits per heavy atom. The Morgan fingerprint density at radius 1 is 1.21 bits per heavy atom. The lowest BCUT2D eigenvalue weighted by Gasteiger charge is -2.46. The van der Waals surface area contributed by atoms with E-state index >= 15 is 0 Å². The number of amides is 1. The molecule has 1 heterocycles. The van der Waals surface area contributed by atoms with Crippen LogP contribution in [0.2, 0.25) is 0 Å². The fourth-order valence-electron chi connectivity index (χ4n) is 5.61. The van der Waals surface area contributed by atoms with Gasteiger partial charge in [0.25, 0.3) is 0 Å². The van der Waals surface area contributed by atoms with E-state index in [0.717, 1.165) is 38.4 Å². The number of hydrogen-bond acceptors (Lipinski definition) is 4. The van der Waals surface area contributed by atoms with Crippen molar-refractivity contribution >= 4 is 21.5 Å². The topological polar surface area (TPSA) is 71.5 Å². The molecule has 1 spiro atoms. The minimum atomic E-state index is -3.30. The predicted molar refractivity (Wildman–Crippen MR) is 111 cm³/mol. The highest BCUT2D eigenvalue weighted by atomic mass is 32.2. The molecule has 5 nitrogen and oxygen atoms in total. The number of rotatable bonds is 3. The molecule has 2 aliphatic carbocycles. The number of Topliss-reactive ketones (excluding diaryl/α,β-unsaturated/α-hetero) is 1. The van der Waals surface area contributed by atoms with Gasteiger partial charge < -0.3 is 4.90 Å². The first kappa shape index (κ1) is 21.3. The maximum atomic E-state index is 13.1. The van der Waals surface area contributed by atoms with Crippen LogP contribution in [-0.4, -0.2) is 50.1 Å². The SMILES string of the molecule is CC1=CC(C)=C(C2CCC3(CCN(C(=O)CS(C)(=O)=O)CC3)CC2=O)C(C)C1. The van der Waals surface area contributed by atoms with Crippen molar-refractivity contribution in [3.63, 3.8) is 0 Å². The van der Waals surface area contributed by atoms with Crippen LogP contribution in [0.5, 0.6) is 0 Å². The first-order valence-electron chi connectivity index (χ1n) is 10.4. The molecule has 0 N–H and O–H groups in total. The minimum absolute atomic E-state index is 0.00637. The molecule has 0 aromatic heterocycles. The molecule has 2 unspecified atom stereocenters. The highest BCUT2D eigenvalue weighted by Gasteiger charge is 2.44. The number of nitrogens with zero attached hydrogens (tertiary/aromatic N) is 1. The van der Waals surface area contributed by atoms with Crippen molar-refractivity contribution < 1.29 is 18.0 Å². The average Bonchev–Trinajstić information content (AvgIpc) is 2.55. The quantitative estimate of drug-likeness (QED) is 0.720. The van der Waals surface area contributed by atoms with E-state index in [1.807, 2.05) is 0 Å². The zero-order chi connectivity index (χ0) is 20.7. The summed E-state index contributed by atoms with van der Waals surface area (Å²) >= 11 is 0. The van der Waals surface area contributed by atoms with Gasteiger partial charge in [0, 0.05) is 31.7 Å². The van der Waals surface area contributed by atoms with Crippen LogP contribution in [0, 0.1) is 17.3 Å². The summed E-state index contributed by atoms with van der Waals surface area (Å²) in [6, 6.07) is 0. The van der Waals surface area contributed by atoms with Crippen molar-refractivity contribution in [3.05, 3.63) is 22.8 Å². The second-order valence-electron chi connectivity index (χ2n) is 9.42. The van der Waals surface area contributed by atoms with Gasteiger partial charge in [0.05, 0.1) is 0 Å². The van der Waals surface area contributed by atoms with Crippen molar-refractivity contribution in [1.82, 2.24) is 4.90 Å². The van der Waals surface area contributed by atoms with Crippen LogP contribution in [-0.2, 0) is 19.4 Å². The molecule has 156 valence electrons. The molecule has 3 rings (SSSR count). The summed E-state index contributed by atoms with van der Waals surface area (Å²) in [6.45, 7) is 7.66. The number of hydrogen-bond donors (Lipinski definition) is 0. The maximum absolute atomic E-state index is 13.1. The zero-order valence-electron chi connectivity index (χ0n) is 17.6. The molecule has 1 amide bonds. The fraction of sp³-hybridized carbons (Fsp3) is 0.727. The van der Waals surface area contributed by atoms with Crippen molar-refractivity contribution in [2.45, 2.75) is 59.3 Å². The van der Waals surface area contributed by atoms with Gasteiger partial charge in [-0.25, -0.2) is 8.42 Å². The van der Waals surface area contributed by atoms with Crippen LogP contribution in [0.3, 0.4) is 0 Å². The molecule has 1 saturated heterocycles. The van der Waals surface area contributed by atoms with Crippen molar-refractivity contribution in [2.24, 2.45) is 17.3 Å². The summed E-state index contributed by atoms with van der Waals surface area (Å²) in [4.78, 5) is 27.0. The summed E-state index contributed by atoms with van der Waals surface area (Å²) in [5, 5.41) is 0. The van der Waals surface area contributed by atoms with Gasteiger partial charge in [-0.2, -0.15) is 0 Å². The molecule has 0 bridgehead atoms. The molecule has 0 radical (unpaired) electrons. The zero-order valence-corrected chi connectivity index (χ0v) is 18.4. The van der Waals surface area contributed by atoms with Gasteiger partial charge in [0.2, 0.25) is 5.91 Å². The van der Waals surface area contributed by atoms with Crippen LogP contribution in [0.15, 0.2) is 22.8 Å².